The minimum absolute atomic E-state index is 0.282. The van der Waals surface area contributed by atoms with Crippen molar-refractivity contribution in [3.05, 3.63) is 72.0 Å². The standard InChI is InChI=1S/C23H14ClN5O/c1-30-22-20-23(25-12-18(24)26-20)27-19-15-10-6-5-9-14(15)17-11-16(28-29(17)21(19)22)13-7-3-2-4-8-13/h2-12H,1H3. The Morgan fingerprint density at radius 2 is 1.67 bits per heavy atom. The molecule has 0 amide bonds. The third-order valence-corrected chi connectivity index (χ3v) is 5.43. The fourth-order valence-corrected chi connectivity index (χ4v) is 4.09. The highest BCUT2D eigenvalue weighted by Gasteiger charge is 2.20. The quantitative estimate of drug-likeness (QED) is 0.285. The Balaban J connectivity index is 1.87. The minimum Gasteiger partial charge on any atom is -0.492 e. The van der Waals surface area contributed by atoms with Crippen LogP contribution in [0.3, 0.4) is 0 Å². The van der Waals surface area contributed by atoms with E-state index in [0.717, 1.165) is 38.6 Å². The molecular weight excluding hydrogens is 398 g/mol. The van der Waals surface area contributed by atoms with Crippen LogP contribution in [0.2, 0.25) is 5.15 Å². The molecule has 0 saturated heterocycles. The number of ether oxygens (including phenoxy) is 1. The normalized spacial score (nSPS) is 11.7. The summed E-state index contributed by atoms with van der Waals surface area (Å²) in [6.45, 7) is 0. The van der Waals surface area contributed by atoms with E-state index in [2.05, 4.69) is 28.2 Å². The summed E-state index contributed by atoms with van der Waals surface area (Å²) in [5.41, 5.74) is 5.33. The second-order valence-electron chi connectivity index (χ2n) is 6.95. The number of halogens is 1. The Bertz CT molecular complexity index is 1590. The Labute approximate surface area is 175 Å². The first-order chi connectivity index (χ1) is 14.7. The number of rotatable bonds is 2. The van der Waals surface area contributed by atoms with E-state index in [-0.39, 0.29) is 5.15 Å². The molecule has 0 N–H and O–H groups in total. The largest absolute Gasteiger partial charge is 0.492 e. The summed E-state index contributed by atoms with van der Waals surface area (Å²) >= 11 is 6.12. The zero-order chi connectivity index (χ0) is 20.2. The Morgan fingerprint density at radius 3 is 2.47 bits per heavy atom. The molecule has 0 aliphatic rings. The van der Waals surface area contributed by atoms with Crippen molar-refractivity contribution in [1.82, 2.24) is 24.6 Å². The monoisotopic (exact) mass is 411 g/mol. The highest BCUT2D eigenvalue weighted by Crippen LogP contribution is 2.38. The second kappa shape index (κ2) is 6.37. The van der Waals surface area contributed by atoms with Gasteiger partial charge in [-0.1, -0.05) is 66.2 Å². The Morgan fingerprint density at radius 1 is 0.900 bits per heavy atom. The van der Waals surface area contributed by atoms with Crippen LogP contribution in [0.4, 0.5) is 0 Å². The van der Waals surface area contributed by atoms with E-state index in [1.165, 1.54) is 6.20 Å². The number of aromatic nitrogens is 5. The summed E-state index contributed by atoms with van der Waals surface area (Å²) in [6, 6.07) is 20.3. The highest BCUT2D eigenvalue weighted by molar-refractivity contribution is 6.29. The number of fused-ring (bicyclic) bond motifs is 7. The molecule has 0 fully saturated rings. The molecule has 0 radical (unpaired) electrons. The predicted octanol–water partition coefficient (Wildman–Crippen LogP) is 5.31. The van der Waals surface area contributed by atoms with Gasteiger partial charge in [0.15, 0.2) is 16.9 Å². The number of hydrogen-bond donors (Lipinski definition) is 0. The maximum absolute atomic E-state index is 6.12. The van der Waals surface area contributed by atoms with Gasteiger partial charge in [-0.25, -0.2) is 19.5 Å². The fourth-order valence-electron chi connectivity index (χ4n) is 3.96. The second-order valence-corrected chi connectivity index (χ2v) is 7.33. The molecular formula is C23H14ClN5O. The van der Waals surface area contributed by atoms with Gasteiger partial charge in [0.05, 0.1) is 24.5 Å². The van der Waals surface area contributed by atoms with Crippen molar-refractivity contribution in [3.63, 3.8) is 0 Å². The van der Waals surface area contributed by atoms with Crippen molar-refractivity contribution in [1.29, 1.82) is 0 Å². The van der Waals surface area contributed by atoms with Gasteiger partial charge in [-0.3, -0.25) is 0 Å². The molecule has 0 bridgehead atoms. The molecule has 7 heteroatoms. The van der Waals surface area contributed by atoms with E-state index in [0.29, 0.717) is 16.9 Å². The first-order valence-corrected chi connectivity index (χ1v) is 9.78. The van der Waals surface area contributed by atoms with E-state index in [1.54, 1.807) is 7.11 Å². The summed E-state index contributed by atoms with van der Waals surface area (Å²) in [5, 5.41) is 7.24. The summed E-state index contributed by atoms with van der Waals surface area (Å²) in [7, 11) is 1.61. The van der Waals surface area contributed by atoms with Gasteiger partial charge in [0.25, 0.3) is 0 Å². The molecule has 0 aliphatic heterocycles. The molecule has 6 nitrogen and oxygen atoms in total. The smallest absolute Gasteiger partial charge is 0.182 e. The fraction of sp³-hybridized carbons (Fsp3) is 0.0435. The van der Waals surface area contributed by atoms with Gasteiger partial charge in [-0.05, 0) is 6.07 Å². The van der Waals surface area contributed by atoms with Crippen molar-refractivity contribution in [3.8, 4) is 17.0 Å². The molecule has 0 aliphatic carbocycles. The van der Waals surface area contributed by atoms with Gasteiger partial charge in [0.1, 0.15) is 16.2 Å². The van der Waals surface area contributed by atoms with Crippen LogP contribution in [0.1, 0.15) is 0 Å². The first kappa shape index (κ1) is 17.1. The van der Waals surface area contributed by atoms with Crippen molar-refractivity contribution in [2.75, 3.05) is 7.11 Å². The van der Waals surface area contributed by atoms with Crippen LogP contribution in [0.25, 0.3) is 49.7 Å². The van der Waals surface area contributed by atoms with Crippen molar-refractivity contribution in [2.24, 2.45) is 0 Å². The summed E-state index contributed by atoms with van der Waals surface area (Å²) in [5.74, 6) is 0.545. The SMILES string of the molecule is COc1c2nc(Cl)cnc2nc2c3ccccc3c3cc(-c4ccccc4)nn3c12. The number of pyridine rings is 2. The minimum atomic E-state index is 0.282. The van der Waals surface area contributed by atoms with Crippen molar-refractivity contribution in [2.45, 2.75) is 0 Å². The molecule has 4 aromatic heterocycles. The van der Waals surface area contributed by atoms with E-state index < -0.39 is 0 Å². The topological polar surface area (TPSA) is 65.2 Å². The zero-order valence-corrected chi connectivity index (χ0v) is 16.6. The number of nitrogens with zero attached hydrogens (tertiary/aromatic N) is 5. The number of hydrogen-bond acceptors (Lipinski definition) is 5. The molecule has 0 atom stereocenters. The molecule has 0 unspecified atom stereocenters. The predicted molar refractivity (Wildman–Crippen MR) is 118 cm³/mol. The van der Waals surface area contributed by atoms with Gasteiger partial charge in [0, 0.05) is 16.3 Å². The van der Waals surface area contributed by atoms with Gasteiger partial charge in [-0.15, -0.1) is 0 Å². The van der Waals surface area contributed by atoms with Crippen LogP contribution in [-0.4, -0.2) is 31.7 Å². The van der Waals surface area contributed by atoms with Gasteiger partial charge in [0.2, 0.25) is 0 Å². The average molecular weight is 412 g/mol. The first-order valence-electron chi connectivity index (χ1n) is 9.40. The Hall–Kier alpha value is -3.77. The van der Waals surface area contributed by atoms with Gasteiger partial charge in [-0.2, -0.15) is 5.10 Å². The molecule has 144 valence electrons. The summed E-state index contributed by atoms with van der Waals surface area (Å²) in [4.78, 5) is 13.6. The van der Waals surface area contributed by atoms with Gasteiger partial charge < -0.3 is 4.74 Å². The third kappa shape index (κ3) is 2.37. The summed E-state index contributed by atoms with van der Waals surface area (Å²) in [6.07, 6.45) is 1.49. The van der Waals surface area contributed by atoms with Crippen LogP contribution < -0.4 is 4.74 Å². The van der Waals surface area contributed by atoms with E-state index in [9.17, 15) is 0 Å². The van der Waals surface area contributed by atoms with E-state index >= 15 is 0 Å². The van der Waals surface area contributed by atoms with Gasteiger partial charge >= 0.3 is 0 Å². The third-order valence-electron chi connectivity index (χ3n) is 5.25. The average Bonchev–Trinajstić information content (AvgIpc) is 3.24. The maximum atomic E-state index is 6.12. The molecule has 2 aromatic carbocycles. The van der Waals surface area contributed by atoms with Crippen LogP contribution in [0.15, 0.2) is 66.9 Å². The lowest BCUT2D eigenvalue weighted by atomic mass is 10.1. The number of benzene rings is 2. The molecule has 6 rings (SSSR count). The van der Waals surface area contributed by atoms with Crippen LogP contribution in [0, 0.1) is 0 Å². The zero-order valence-electron chi connectivity index (χ0n) is 15.9. The molecule has 0 saturated carbocycles. The lowest BCUT2D eigenvalue weighted by Crippen LogP contribution is -2.01. The van der Waals surface area contributed by atoms with Crippen LogP contribution in [-0.2, 0) is 0 Å². The van der Waals surface area contributed by atoms with Crippen molar-refractivity contribution >= 4 is 50.1 Å². The molecule has 30 heavy (non-hydrogen) atoms. The van der Waals surface area contributed by atoms with E-state index in [1.807, 2.05) is 47.0 Å². The van der Waals surface area contributed by atoms with Crippen molar-refractivity contribution < 1.29 is 4.74 Å². The Kier molecular flexibility index (Phi) is 3.63. The van der Waals surface area contributed by atoms with E-state index in [4.69, 9.17) is 26.4 Å². The van der Waals surface area contributed by atoms with Crippen LogP contribution >= 0.6 is 11.6 Å². The molecule has 4 heterocycles. The number of methoxy groups -OCH3 is 1. The van der Waals surface area contributed by atoms with Crippen LogP contribution in [0.5, 0.6) is 5.75 Å². The summed E-state index contributed by atoms with van der Waals surface area (Å²) < 4.78 is 7.69. The highest BCUT2D eigenvalue weighted by atomic mass is 35.5. The molecule has 0 spiro atoms. The lowest BCUT2D eigenvalue weighted by molar-refractivity contribution is 0.422. The molecule has 6 aromatic rings. The lowest BCUT2D eigenvalue weighted by Gasteiger charge is -2.12. The maximum Gasteiger partial charge on any atom is 0.182 e.